The van der Waals surface area contributed by atoms with E-state index in [0.29, 0.717) is 105 Å². The average Bonchev–Trinajstić information content (AvgIpc) is 1.50. The molecule has 3 amide bonds. The molecule has 7 fully saturated rings. The van der Waals surface area contributed by atoms with Crippen LogP contribution >= 0.6 is 22.3 Å². The maximum atomic E-state index is 13.2. The van der Waals surface area contributed by atoms with Gasteiger partial charge in [0.05, 0.1) is 33.3 Å². The maximum absolute atomic E-state index is 13.2. The molecule has 10 aromatic carbocycles. The van der Waals surface area contributed by atoms with E-state index >= 15 is 0 Å². The minimum atomic E-state index is -4.80. The molecule has 4 saturated carbocycles. The normalized spacial score (nSPS) is 19.9. The number of amides is 3. The number of piperidine rings is 3. The quantitative estimate of drug-likeness (QED) is 0.0624. The summed E-state index contributed by atoms with van der Waals surface area (Å²) in [6.07, 6.45) is 20.6. The van der Waals surface area contributed by atoms with E-state index in [1.807, 2.05) is 41.0 Å². The lowest BCUT2D eigenvalue weighted by atomic mass is 9.89. The van der Waals surface area contributed by atoms with Crippen molar-refractivity contribution < 1.29 is 69.7 Å². The van der Waals surface area contributed by atoms with Crippen molar-refractivity contribution in [1.29, 1.82) is 0 Å². The highest BCUT2D eigenvalue weighted by atomic mass is 35.7. The Balaban J connectivity index is 0.000000174. The first-order valence-electron chi connectivity index (χ1n) is 50.0. The van der Waals surface area contributed by atoms with E-state index in [0.717, 1.165) is 194 Å². The third kappa shape index (κ3) is 32.1. The predicted octanol–water partition coefficient (Wildman–Crippen LogP) is 22.3. The van der Waals surface area contributed by atoms with E-state index in [1.165, 1.54) is 77.9 Å². The van der Waals surface area contributed by atoms with Crippen LogP contribution in [0.3, 0.4) is 0 Å². The molecule has 4 unspecified atom stereocenters. The number of Topliss-reactive ketones (excluding diaryl/α,β-unsaturated/α-hetero) is 4. The van der Waals surface area contributed by atoms with Crippen molar-refractivity contribution in [2.45, 2.75) is 285 Å². The fraction of sp³-hybridized carbons (Fsp3) is 0.422. The molecule has 19 nitrogen and oxygen atoms in total. The van der Waals surface area contributed by atoms with Gasteiger partial charge in [0, 0.05) is 135 Å². The summed E-state index contributed by atoms with van der Waals surface area (Å²) in [4.78, 5) is 86.7. The van der Waals surface area contributed by atoms with Crippen LogP contribution in [-0.2, 0) is 104 Å². The van der Waals surface area contributed by atoms with Gasteiger partial charge in [-0.15, -0.1) is 24.8 Å². The minimum absolute atomic E-state index is 0. The number of likely N-dealkylation sites (tertiary alicyclic amines) is 3. The summed E-state index contributed by atoms with van der Waals surface area (Å²) in [7, 11) is -2.64. The number of benzene rings is 10. The van der Waals surface area contributed by atoms with Crippen LogP contribution in [0.15, 0.2) is 252 Å². The Kier molecular flexibility index (Phi) is 42.0. The average molecular weight is 2030 g/mol. The molecule has 10 aromatic rings. The summed E-state index contributed by atoms with van der Waals surface area (Å²) >= 11 is 6.58. The summed E-state index contributed by atoms with van der Waals surface area (Å²) in [6, 6.07) is 78.6. The maximum Gasteiger partial charge on any atom is 0.573 e. The van der Waals surface area contributed by atoms with E-state index in [9.17, 15) is 63.6 Å². The zero-order valence-corrected chi connectivity index (χ0v) is 85.0. The van der Waals surface area contributed by atoms with Crippen molar-refractivity contribution in [3.05, 3.63) is 337 Å². The van der Waals surface area contributed by atoms with Gasteiger partial charge in [-0.2, -0.15) is 0 Å². The topological polar surface area (TPSA) is 297 Å². The number of alkyl halides is 4. The fourth-order valence-corrected chi connectivity index (χ4v) is 22.8. The van der Waals surface area contributed by atoms with Gasteiger partial charge in [-0.25, -0.2) is 21.6 Å². The number of aryl methyl sites for hydroxylation is 9. The van der Waals surface area contributed by atoms with Crippen LogP contribution in [0.4, 0.5) is 13.2 Å². The number of ketones is 4. The molecular formula is C116H140BCl2F3N7O12S2. The molecule has 3 saturated heterocycles. The van der Waals surface area contributed by atoms with Crippen molar-refractivity contribution in [3.8, 4) is 5.75 Å². The Morgan fingerprint density at radius 2 is 0.622 bits per heavy atom. The SMILES string of the molecule is C.CC1CCC(=O)CC1.CC1CCC(=O)CC1.CC1CCC(=O)N(C2c3ccccc3CCc3ccccc32)C1.Cc1ccc(S(=O)(=O)NC2CCC(=O)N(C3c4ccccc4CCc4ccccc43)C2)cc1.ClC1c2ccccc2CCc2ccccc21.NC1CCC(=O)C1.NC1CCC(=O)CC1.NC1CCC(=O)N(C2c3ccccc3CCc3ccccc32)C1.O=S(=O)(Cl)c1ccc(OC(F)(F)F)cc1.[2HH].[B]. The highest BCUT2D eigenvalue weighted by Gasteiger charge is 2.41. The van der Waals surface area contributed by atoms with Gasteiger partial charge in [-0.3, -0.25) is 33.6 Å². The van der Waals surface area contributed by atoms with Gasteiger partial charge in [0.15, 0.2) is 0 Å². The Bertz CT molecular complexity index is 5810. The Morgan fingerprint density at radius 1 is 0.343 bits per heavy atom. The molecule has 0 aromatic heterocycles. The number of nitrogens with one attached hydrogen (secondary N) is 1. The third-order valence-electron chi connectivity index (χ3n) is 28.5. The molecule has 8 aliphatic carbocycles. The molecule has 143 heavy (non-hydrogen) atoms. The number of hydrogen-bond acceptors (Lipinski definition) is 15. The molecule has 3 heterocycles. The van der Waals surface area contributed by atoms with E-state index in [4.69, 9.17) is 39.5 Å². The number of hydrogen-bond donors (Lipinski definition) is 4. The van der Waals surface area contributed by atoms with Crippen molar-refractivity contribution in [3.63, 3.8) is 0 Å². The molecule has 11 aliphatic rings. The zero-order chi connectivity index (χ0) is 100. The van der Waals surface area contributed by atoms with Crippen molar-refractivity contribution in [2.24, 2.45) is 35.0 Å². The summed E-state index contributed by atoms with van der Waals surface area (Å²) in [5.41, 5.74) is 38.9. The number of ether oxygens (including phenoxy) is 1. The lowest BCUT2D eigenvalue weighted by molar-refractivity contribution is -0.274. The second-order valence-electron chi connectivity index (χ2n) is 39.2. The number of carbonyl (C=O) groups excluding carboxylic acids is 7. The molecular weight excluding hydrogens is 1890 g/mol. The minimum Gasteiger partial charge on any atom is -0.406 e. The molecule has 27 heteroatoms. The van der Waals surface area contributed by atoms with E-state index in [-0.39, 0.29) is 80.5 Å². The lowest BCUT2D eigenvalue weighted by Gasteiger charge is -2.39. The number of sulfonamides is 1. The first-order chi connectivity index (χ1) is 67.6. The molecule has 7 N–H and O–H groups in total. The summed E-state index contributed by atoms with van der Waals surface area (Å²) in [6.45, 7) is 10.5. The highest BCUT2D eigenvalue weighted by Crippen LogP contribution is 2.44. The first-order valence-corrected chi connectivity index (χ1v) is 54.2. The van der Waals surface area contributed by atoms with Gasteiger partial charge in [-0.1, -0.05) is 240 Å². The van der Waals surface area contributed by atoms with E-state index in [2.05, 4.69) is 205 Å². The molecule has 4 atom stereocenters. The van der Waals surface area contributed by atoms with Crippen molar-refractivity contribution in [1.82, 2.24) is 19.4 Å². The van der Waals surface area contributed by atoms with Crippen LogP contribution in [0.25, 0.3) is 0 Å². The molecule has 0 spiro atoms. The Labute approximate surface area is 856 Å². The van der Waals surface area contributed by atoms with Gasteiger partial charge in [0.2, 0.25) is 27.7 Å². The number of halogens is 5. The van der Waals surface area contributed by atoms with E-state index in [1.54, 1.807) is 24.3 Å². The number of fused-ring (bicyclic) bond motifs is 8. The van der Waals surface area contributed by atoms with Crippen molar-refractivity contribution in [2.75, 3.05) is 19.6 Å². The van der Waals surface area contributed by atoms with Crippen LogP contribution in [0.5, 0.6) is 5.75 Å². The van der Waals surface area contributed by atoms with Crippen LogP contribution < -0.4 is 26.7 Å². The van der Waals surface area contributed by atoms with Crippen molar-refractivity contribution >= 4 is 90.6 Å². The summed E-state index contributed by atoms with van der Waals surface area (Å²) in [5.74, 6) is 3.90. The van der Waals surface area contributed by atoms with Gasteiger partial charge in [0.1, 0.15) is 28.9 Å². The highest BCUT2D eigenvalue weighted by molar-refractivity contribution is 8.13. The molecule has 3 radical (unpaired) electrons. The zero-order valence-electron chi connectivity index (χ0n) is 81.8. The summed E-state index contributed by atoms with van der Waals surface area (Å²) < 4.78 is 89.0. The lowest BCUT2D eigenvalue weighted by Crippen LogP contribution is -2.51. The number of nitrogens with two attached hydrogens (primary N) is 3. The largest absolute Gasteiger partial charge is 0.573 e. The van der Waals surface area contributed by atoms with Gasteiger partial charge < -0.3 is 36.6 Å². The van der Waals surface area contributed by atoms with Gasteiger partial charge in [0.25, 0.3) is 9.05 Å². The van der Waals surface area contributed by atoms with Crippen LogP contribution in [0, 0.1) is 24.7 Å². The fourth-order valence-electron chi connectivity index (χ4n) is 20.4. The van der Waals surface area contributed by atoms with Crippen LogP contribution in [-0.4, -0.2) is 131 Å². The molecule has 3 aliphatic heterocycles. The first kappa shape index (κ1) is 113. The molecule has 0 bridgehead atoms. The monoisotopic (exact) mass is 2030 g/mol. The standard InChI is InChI=1S/C27H28N2O3S.C21H23NO.C20H22N2O.C15H13Cl.C7H4ClF3O3S.2C7H12O.C6H11NO.C5H9NO.CH4.B.H2/c1-19-10-15-23(16-11-19)33(31,32)28-22-14-17-26(30)29(18-22)27-24-8-4-2-6-20(24)12-13-21-7-3-5-9-25(21)27;1-15-10-13-20(23)22(14-15)21-18-8-4-2-6-16(18)11-12-17-7-3-5-9-19(17)21;21-16-11-12-19(23)22(13-16)20-17-7-3-1-5-14(17)9-10-15-6-2-4-8-18(15)20;16-15-13-7-3-1-5-11(13)9-10-12-6-2-4-8-14(12)15;8-15(12,13)6-3-1-5(2-4-6)14-7(9,10)11;2*1-6-2-4-7(8)5-3-6;7-5-1-3-6(8)4-2-5;6-4-1-2-5(7)3-4;;;/h2-11,15-16,22,27-28H,12-14,17-18H2,1H3;2-9,15,21H,10-14H2,1H3;1-8,16,20H,9-13,21H2;1-8,15H,9-10H2;1-4H;2*6H,2-5H2,1H3;5H,1-4,7H2;4H,1-3,6H2;1H4;;1H/i;;;;;;;;;;;1+1. The smallest absolute Gasteiger partial charge is 0.406 e. The van der Waals surface area contributed by atoms with Gasteiger partial charge >= 0.3 is 6.36 Å². The van der Waals surface area contributed by atoms with Crippen LogP contribution in [0.1, 0.15) is 283 Å². The molecule has 21 rings (SSSR count). The Hall–Kier alpha value is -10.7. The van der Waals surface area contributed by atoms with Crippen LogP contribution in [0.2, 0.25) is 0 Å². The summed E-state index contributed by atoms with van der Waals surface area (Å²) in [5, 5.41) is 0.00917. The predicted molar refractivity (Wildman–Crippen MR) is 564 cm³/mol. The van der Waals surface area contributed by atoms with E-state index < -0.39 is 31.2 Å². The second kappa shape index (κ2) is 53.4. The number of rotatable bonds is 8. The van der Waals surface area contributed by atoms with Gasteiger partial charge in [-0.05, 0) is 266 Å². The third-order valence-corrected chi connectivity index (χ3v) is 31.9. The second-order valence-corrected chi connectivity index (χ2v) is 43.9. The number of nitrogens with zero attached hydrogens (tertiary/aromatic N) is 3. The Morgan fingerprint density at radius 3 is 0.937 bits per heavy atom. The molecule has 761 valence electrons. The number of carbonyl (C=O) groups is 7.